The van der Waals surface area contributed by atoms with Gasteiger partial charge >= 0.3 is 6.18 Å². The van der Waals surface area contributed by atoms with Gasteiger partial charge in [-0.05, 0) is 39.0 Å². The molecule has 1 aromatic rings. The predicted octanol–water partition coefficient (Wildman–Crippen LogP) is 3.42. The van der Waals surface area contributed by atoms with E-state index in [1.165, 1.54) is 6.92 Å². The van der Waals surface area contributed by atoms with Gasteiger partial charge in [0.1, 0.15) is 5.82 Å². The molecule has 1 unspecified atom stereocenters. The highest BCUT2D eigenvalue weighted by molar-refractivity contribution is 5.49. The van der Waals surface area contributed by atoms with Crippen molar-refractivity contribution in [3.8, 4) is 0 Å². The monoisotopic (exact) mass is 265 g/mol. The summed E-state index contributed by atoms with van der Waals surface area (Å²) in [6.07, 6.45) is -5.36. The number of aliphatic hydroxyl groups excluding tert-OH is 1. The van der Waals surface area contributed by atoms with Gasteiger partial charge in [0.05, 0.1) is 22.9 Å². The molecule has 102 valence electrons. The molecule has 0 heterocycles. The number of nitrogens with one attached hydrogen (secondary N) is 1. The lowest BCUT2D eigenvalue weighted by Crippen LogP contribution is -2.42. The fourth-order valence-electron chi connectivity index (χ4n) is 1.24. The minimum Gasteiger partial charge on any atom is -0.391 e. The third-order valence-electron chi connectivity index (χ3n) is 2.80. The molecule has 0 fully saturated rings. The standard InChI is InChI=1S/C12H15F4NO/c1-7(18)11(2,3)17-10-5-4-8(6-9(10)13)12(14,15)16/h4-7,17-18H,1-3H3. The first-order chi connectivity index (χ1) is 8.04. The van der Waals surface area contributed by atoms with Crippen LogP contribution in [0.15, 0.2) is 18.2 Å². The van der Waals surface area contributed by atoms with E-state index >= 15 is 0 Å². The van der Waals surface area contributed by atoms with E-state index < -0.39 is 29.2 Å². The van der Waals surface area contributed by atoms with Crippen LogP contribution in [-0.2, 0) is 6.18 Å². The molecule has 1 aromatic carbocycles. The Kier molecular flexibility index (Phi) is 3.90. The lowest BCUT2D eigenvalue weighted by atomic mass is 9.98. The Morgan fingerprint density at radius 1 is 1.22 bits per heavy atom. The summed E-state index contributed by atoms with van der Waals surface area (Å²) in [6.45, 7) is 4.75. The normalized spacial score (nSPS) is 14.4. The molecule has 2 nitrogen and oxygen atoms in total. The van der Waals surface area contributed by atoms with Crippen LogP contribution in [0.5, 0.6) is 0 Å². The number of hydrogen-bond acceptors (Lipinski definition) is 2. The van der Waals surface area contributed by atoms with Crippen LogP contribution in [0.2, 0.25) is 0 Å². The Morgan fingerprint density at radius 3 is 2.17 bits per heavy atom. The van der Waals surface area contributed by atoms with Crippen LogP contribution in [0.1, 0.15) is 26.3 Å². The molecular formula is C12H15F4NO. The number of benzene rings is 1. The minimum absolute atomic E-state index is 0.0751. The first-order valence-corrected chi connectivity index (χ1v) is 5.37. The second-order valence-electron chi connectivity index (χ2n) is 4.72. The molecule has 0 radical (unpaired) electrons. The summed E-state index contributed by atoms with van der Waals surface area (Å²) in [4.78, 5) is 0. The van der Waals surface area contributed by atoms with Crippen LogP contribution in [0.4, 0.5) is 23.2 Å². The Labute approximate surface area is 103 Å². The molecule has 18 heavy (non-hydrogen) atoms. The maximum Gasteiger partial charge on any atom is 0.416 e. The van der Waals surface area contributed by atoms with E-state index in [2.05, 4.69) is 5.32 Å². The van der Waals surface area contributed by atoms with Crippen molar-refractivity contribution in [1.29, 1.82) is 0 Å². The molecule has 0 spiro atoms. The summed E-state index contributed by atoms with van der Waals surface area (Å²) >= 11 is 0. The highest BCUT2D eigenvalue weighted by atomic mass is 19.4. The smallest absolute Gasteiger partial charge is 0.391 e. The number of rotatable bonds is 3. The molecular weight excluding hydrogens is 250 g/mol. The highest BCUT2D eigenvalue weighted by Crippen LogP contribution is 2.32. The van der Waals surface area contributed by atoms with E-state index in [0.29, 0.717) is 6.07 Å². The molecule has 0 aliphatic heterocycles. The number of aliphatic hydroxyl groups is 1. The molecule has 6 heteroatoms. The maximum atomic E-state index is 13.5. The maximum absolute atomic E-state index is 13.5. The number of alkyl halides is 3. The van der Waals surface area contributed by atoms with Gasteiger partial charge in [0.15, 0.2) is 0 Å². The summed E-state index contributed by atoms with van der Waals surface area (Å²) in [5.74, 6) is -1.00. The average Bonchev–Trinajstić information content (AvgIpc) is 2.19. The third-order valence-corrected chi connectivity index (χ3v) is 2.80. The Morgan fingerprint density at radius 2 is 1.78 bits per heavy atom. The lowest BCUT2D eigenvalue weighted by Gasteiger charge is -2.30. The first-order valence-electron chi connectivity index (χ1n) is 5.37. The molecule has 1 atom stereocenters. The zero-order valence-electron chi connectivity index (χ0n) is 10.3. The second-order valence-corrected chi connectivity index (χ2v) is 4.72. The van der Waals surface area contributed by atoms with Crippen molar-refractivity contribution in [2.75, 3.05) is 5.32 Å². The molecule has 2 N–H and O–H groups in total. The van der Waals surface area contributed by atoms with Crippen LogP contribution >= 0.6 is 0 Å². The van der Waals surface area contributed by atoms with E-state index in [1.54, 1.807) is 13.8 Å². The second kappa shape index (κ2) is 4.76. The van der Waals surface area contributed by atoms with Crippen molar-refractivity contribution < 1.29 is 22.7 Å². The molecule has 0 aliphatic rings. The predicted molar refractivity (Wildman–Crippen MR) is 60.8 cm³/mol. The van der Waals surface area contributed by atoms with E-state index in [9.17, 15) is 22.7 Å². The van der Waals surface area contributed by atoms with Gasteiger partial charge in [0.2, 0.25) is 0 Å². The zero-order chi connectivity index (χ0) is 14.1. The van der Waals surface area contributed by atoms with Crippen LogP contribution < -0.4 is 5.32 Å². The van der Waals surface area contributed by atoms with Gasteiger partial charge < -0.3 is 10.4 Å². The summed E-state index contributed by atoms with van der Waals surface area (Å²) in [6, 6.07) is 2.24. The van der Waals surface area contributed by atoms with Gasteiger partial charge in [-0.25, -0.2) is 4.39 Å². The quantitative estimate of drug-likeness (QED) is 0.821. The Bertz CT molecular complexity index is 427. The van der Waals surface area contributed by atoms with Crippen LogP contribution in [0, 0.1) is 5.82 Å². The van der Waals surface area contributed by atoms with Gasteiger partial charge in [0.25, 0.3) is 0 Å². The lowest BCUT2D eigenvalue weighted by molar-refractivity contribution is -0.137. The topological polar surface area (TPSA) is 32.3 Å². The summed E-state index contributed by atoms with van der Waals surface area (Å²) < 4.78 is 50.5. The van der Waals surface area contributed by atoms with Gasteiger partial charge in [-0.2, -0.15) is 13.2 Å². The van der Waals surface area contributed by atoms with Crippen molar-refractivity contribution >= 4 is 5.69 Å². The fourth-order valence-corrected chi connectivity index (χ4v) is 1.24. The summed E-state index contributed by atoms with van der Waals surface area (Å²) in [7, 11) is 0. The molecule has 0 bridgehead atoms. The van der Waals surface area contributed by atoms with Crippen molar-refractivity contribution in [2.24, 2.45) is 0 Å². The van der Waals surface area contributed by atoms with Crippen LogP contribution in [-0.4, -0.2) is 16.7 Å². The summed E-state index contributed by atoms with van der Waals surface area (Å²) in [5, 5.41) is 12.1. The SMILES string of the molecule is CC(O)C(C)(C)Nc1ccc(C(F)(F)F)cc1F. The highest BCUT2D eigenvalue weighted by Gasteiger charge is 2.32. The van der Waals surface area contributed by atoms with E-state index in [4.69, 9.17) is 0 Å². The number of halogens is 4. The zero-order valence-corrected chi connectivity index (χ0v) is 10.3. The van der Waals surface area contributed by atoms with Gasteiger partial charge in [-0.15, -0.1) is 0 Å². The first kappa shape index (κ1) is 14.8. The minimum atomic E-state index is -4.57. The van der Waals surface area contributed by atoms with Crippen molar-refractivity contribution in [3.05, 3.63) is 29.6 Å². The van der Waals surface area contributed by atoms with Gasteiger partial charge in [0, 0.05) is 0 Å². The van der Waals surface area contributed by atoms with Crippen LogP contribution in [0.25, 0.3) is 0 Å². The summed E-state index contributed by atoms with van der Waals surface area (Å²) in [5.41, 5.74) is -1.96. The van der Waals surface area contributed by atoms with Crippen molar-refractivity contribution in [1.82, 2.24) is 0 Å². The molecule has 0 amide bonds. The molecule has 0 saturated heterocycles. The molecule has 0 aliphatic carbocycles. The average molecular weight is 265 g/mol. The third kappa shape index (κ3) is 3.35. The Hall–Kier alpha value is -1.30. The molecule has 0 saturated carbocycles. The van der Waals surface area contributed by atoms with E-state index in [-0.39, 0.29) is 5.69 Å². The fraction of sp³-hybridized carbons (Fsp3) is 0.500. The number of hydrogen-bond donors (Lipinski definition) is 2. The van der Waals surface area contributed by atoms with Gasteiger partial charge in [-0.1, -0.05) is 0 Å². The van der Waals surface area contributed by atoms with Crippen molar-refractivity contribution in [3.63, 3.8) is 0 Å². The van der Waals surface area contributed by atoms with E-state index in [0.717, 1.165) is 12.1 Å². The molecule has 0 aromatic heterocycles. The number of anilines is 1. The van der Waals surface area contributed by atoms with Crippen molar-refractivity contribution in [2.45, 2.75) is 38.6 Å². The van der Waals surface area contributed by atoms with Crippen LogP contribution in [0.3, 0.4) is 0 Å². The van der Waals surface area contributed by atoms with Gasteiger partial charge in [-0.3, -0.25) is 0 Å². The van der Waals surface area contributed by atoms with E-state index in [1.807, 2.05) is 0 Å². The molecule has 1 rings (SSSR count). The largest absolute Gasteiger partial charge is 0.416 e. The Balaban J connectivity index is 3.01.